The van der Waals surface area contributed by atoms with Crippen molar-refractivity contribution in [1.29, 1.82) is 0 Å². The summed E-state index contributed by atoms with van der Waals surface area (Å²) in [5, 5.41) is 0.618. The molecule has 0 fully saturated rings. The zero-order valence-corrected chi connectivity index (χ0v) is 11.9. The molecule has 102 valence electrons. The molecule has 3 heteroatoms. The summed E-state index contributed by atoms with van der Waals surface area (Å²) in [5.74, 6) is 0.00389. The number of para-hydroxylation sites is 1. The Balaban J connectivity index is 2.20. The molecular weight excluding hydrogens is 270 g/mol. The average molecular weight is 286 g/mol. The smallest absolute Gasteiger partial charge is 0.231 e. The van der Waals surface area contributed by atoms with Gasteiger partial charge >= 0.3 is 0 Å². The number of hydrogen-bond donors (Lipinski definition) is 0. The minimum Gasteiger partial charge on any atom is -0.308 e. The van der Waals surface area contributed by atoms with Gasteiger partial charge in [0.25, 0.3) is 0 Å². The normalized spacial score (nSPS) is 10.1. The molecule has 1 amide bonds. The van der Waals surface area contributed by atoms with Crippen molar-refractivity contribution in [3.05, 3.63) is 77.8 Å². The number of halogens is 1. The maximum absolute atomic E-state index is 12.5. The monoisotopic (exact) mass is 285 g/mol. The lowest BCUT2D eigenvalue weighted by Crippen LogP contribution is -2.32. The van der Waals surface area contributed by atoms with Crippen molar-refractivity contribution >= 4 is 23.2 Å². The van der Waals surface area contributed by atoms with E-state index in [4.69, 9.17) is 11.6 Å². The van der Waals surface area contributed by atoms with Gasteiger partial charge in [0.2, 0.25) is 5.91 Å². The van der Waals surface area contributed by atoms with Gasteiger partial charge in [0.05, 0.1) is 6.42 Å². The van der Waals surface area contributed by atoms with Crippen molar-refractivity contribution < 1.29 is 4.79 Å². The van der Waals surface area contributed by atoms with E-state index in [-0.39, 0.29) is 12.3 Å². The van der Waals surface area contributed by atoms with Crippen LogP contribution in [0.5, 0.6) is 0 Å². The van der Waals surface area contributed by atoms with Crippen LogP contribution >= 0.6 is 11.6 Å². The Morgan fingerprint density at radius 2 is 1.75 bits per heavy atom. The fraction of sp³-hybridized carbons (Fsp3) is 0.118. The third-order valence-electron chi connectivity index (χ3n) is 2.98. The third-order valence-corrected chi connectivity index (χ3v) is 3.35. The van der Waals surface area contributed by atoms with Gasteiger partial charge in [-0.1, -0.05) is 54.1 Å². The molecule has 0 atom stereocenters. The maximum Gasteiger partial charge on any atom is 0.231 e. The summed E-state index contributed by atoms with van der Waals surface area (Å²) >= 11 is 6.11. The number of anilines is 1. The summed E-state index contributed by atoms with van der Waals surface area (Å²) in [5.41, 5.74) is 1.70. The lowest BCUT2D eigenvalue weighted by atomic mass is 10.1. The molecule has 0 aliphatic heterocycles. The fourth-order valence-electron chi connectivity index (χ4n) is 1.99. The van der Waals surface area contributed by atoms with Crippen molar-refractivity contribution in [2.45, 2.75) is 6.42 Å². The first-order valence-corrected chi connectivity index (χ1v) is 6.80. The molecule has 0 unspecified atom stereocenters. The Kier molecular flexibility index (Phi) is 4.97. The molecule has 0 aliphatic rings. The molecule has 2 rings (SSSR count). The second kappa shape index (κ2) is 6.92. The highest BCUT2D eigenvalue weighted by molar-refractivity contribution is 6.31. The minimum absolute atomic E-state index is 0.00389. The van der Waals surface area contributed by atoms with Crippen molar-refractivity contribution in [3.8, 4) is 0 Å². The molecule has 0 N–H and O–H groups in total. The summed E-state index contributed by atoms with van der Waals surface area (Å²) < 4.78 is 0. The quantitative estimate of drug-likeness (QED) is 0.757. The van der Waals surface area contributed by atoms with Crippen molar-refractivity contribution in [2.75, 3.05) is 11.4 Å². The molecule has 2 nitrogen and oxygen atoms in total. The van der Waals surface area contributed by atoms with Gasteiger partial charge in [0.15, 0.2) is 0 Å². The number of benzene rings is 2. The van der Waals surface area contributed by atoms with Crippen LogP contribution in [0.2, 0.25) is 5.02 Å². The van der Waals surface area contributed by atoms with Gasteiger partial charge in [-0.2, -0.15) is 0 Å². The molecule has 20 heavy (non-hydrogen) atoms. The van der Waals surface area contributed by atoms with E-state index in [1.165, 1.54) is 0 Å². The molecule has 2 aromatic carbocycles. The van der Waals surface area contributed by atoms with Crippen LogP contribution in [-0.4, -0.2) is 12.5 Å². The van der Waals surface area contributed by atoms with E-state index >= 15 is 0 Å². The van der Waals surface area contributed by atoms with Crippen molar-refractivity contribution in [2.24, 2.45) is 0 Å². The maximum atomic E-state index is 12.5. The Morgan fingerprint density at radius 1 is 1.10 bits per heavy atom. The Labute approximate surface area is 124 Å². The molecule has 0 aliphatic carbocycles. The summed E-state index contributed by atoms with van der Waals surface area (Å²) in [7, 11) is 0. The number of carbonyl (C=O) groups excluding carboxylic acids is 1. The molecule has 0 spiro atoms. The Hall–Kier alpha value is -2.06. The first-order chi connectivity index (χ1) is 9.72. The van der Waals surface area contributed by atoms with E-state index in [2.05, 4.69) is 6.58 Å². The Morgan fingerprint density at radius 3 is 2.40 bits per heavy atom. The van der Waals surface area contributed by atoms with Crippen LogP contribution in [0.4, 0.5) is 5.69 Å². The van der Waals surface area contributed by atoms with E-state index in [1.54, 1.807) is 17.0 Å². The molecular formula is C17H16ClNO. The summed E-state index contributed by atoms with van der Waals surface area (Å²) in [4.78, 5) is 14.2. The van der Waals surface area contributed by atoms with Gasteiger partial charge in [-0.3, -0.25) is 4.79 Å². The van der Waals surface area contributed by atoms with Gasteiger partial charge in [0.1, 0.15) is 0 Å². The standard InChI is InChI=1S/C17H16ClNO/c1-2-12-19(15-9-4-3-5-10-15)17(20)13-14-8-6-7-11-16(14)18/h2-11H,1,12-13H2. The van der Waals surface area contributed by atoms with Crippen molar-refractivity contribution in [3.63, 3.8) is 0 Å². The largest absolute Gasteiger partial charge is 0.308 e. The second-order valence-electron chi connectivity index (χ2n) is 4.40. The van der Waals surface area contributed by atoms with E-state index < -0.39 is 0 Å². The predicted octanol–water partition coefficient (Wildman–Crippen LogP) is 4.10. The summed E-state index contributed by atoms with van der Waals surface area (Å²) in [6.07, 6.45) is 2.00. The van der Waals surface area contributed by atoms with Gasteiger partial charge in [-0.25, -0.2) is 0 Å². The molecule has 0 bridgehead atoms. The summed E-state index contributed by atoms with van der Waals surface area (Å²) in [6, 6.07) is 17.0. The molecule has 0 aromatic heterocycles. The highest BCUT2D eigenvalue weighted by atomic mass is 35.5. The first kappa shape index (κ1) is 14.4. The van der Waals surface area contributed by atoms with Crippen LogP contribution in [-0.2, 0) is 11.2 Å². The molecule has 2 aromatic rings. The number of hydrogen-bond acceptors (Lipinski definition) is 1. The summed E-state index contributed by atoms with van der Waals surface area (Å²) in [6.45, 7) is 4.19. The van der Waals surface area contributed by atoms with Crippen LogP contribution in [0.15, 0.2) is 67.3 Å². The van der Waals surface area contributed by atoms with E-state index in [9.17, 15) is 4.79 Å². The first-order valence-electron chi connectivity index (χ1n) is 6.42. The van der Waals surface area contributed by atoms with Crippen LogP contribution in [0, 0.1) is 0 Å². The molecule has 0 saturated carbocycles. The molecule has 0 radical (unpaired) electrons. The van der Waals surface area contributed by atoms with Gasteiger partial charge < -0.3 is 4.90 Å². The average Bonchev–Trinajstić information content (AvgIpc) is 2.48. The molecule has 0 saturated heterocycles. The number of carbonyl (C=O) groups is 1. The number of nitrogens with zero attached hydrogens (tertiary/aromatic N) is 1. The highest BCUT2D eigenvalue weighted by Gasteiger charge is 2.15. The molecule has 0 heterocycles. The van der Waals surface area contributed by atoms with E-state index in [1.807, 2.05) is 48.5 Å². The Bertz CT molecular complexity index is 595. The van der Waals surface area contributed by atoms with E-state index in [0.717, 1.165) is 11.3 Å². The zero-order valence-electron chi connectivity index (χ0n) is 11.1. The van der Waals surface area contributed by atoms with E-state index in [0.29, 0.717) is 11.6 Å². The minimum atomic E-state index is 0.00389. The van der Waals surface area contributed by atoms with Crippen LogP contribution in [0.1, 0.15) is 5.56 Å². The second-order valence-corrected chi connectivity index (χ2v) is 4.80. The lowest BCUT2D eigenvalue weighted by Gasteiger charge is -2.21. The number of rotatable bonds is 5. The number of amides is 1. The zero-order chi connectivity index (χ0) is 14.4. The lowest BCUT2D eigenvalue weighted by molar-refractivity contribution is -0.117. The fourth-order valence-corrected chi connectivity index (χ4v) is 2.19. The van der Waals surface area contributed by atoms with Gasteiger partial charge in [0, 0.05) is 17.3 Å². The van der Waals surface area contributed by atoms with Crippen LogP contribution in [0.3, 0.4) is 0 Å². The SMILES string of the molecule is C=CCN(C(=O)Cc1ccccc1Cl)c1ccccc1. The predicted molar refractivity (Wildman–Crippen MR) is 84.1 cm³/mol. The van der Waals surface area contributed by atoms with Crippen molar-refractivity contribution in [1.82, 2.24) is 0 Å². The van der Waals surface area contributed by atoms with Gasteiger partial charge in [-0.05, 0) is 23.8 Å². The topological polar surface area (TPSA) is 20.3 Å². The third kappa shape index (κ3) is 3.49. The van der Waals surface area contributed by atoms with Gasteiger partial charge in [-0.15, -0.1) is 6.58 Å². The van der Waals surface area contributed by atoms with Crippen LogP contribution in [0.25, 0.3) is 0 Å². The highest BCUT2D eigenvalue weighted by Crippen LogP contribution is 2.19. The van der Waals surface area contributed by atoms with Crippen LogP contribution < -0.4 is 4.90 Å².